The summed E-state index contributed by atoms with van der Waals surface area (Å²) < 4.78 is 2.77. The van der Waals surface area contributed by atoms with Crippen LogP contribution in [0.1, 0.15) is 50.2 Å². The lowest BCUT2D eigenvalue weighted by Gasteiger charge is -2.17. The number of aliphatic hydroxyl groups is 1. The zero-order valence-electron chi connectivity index (χ0n) is 14.1. The van der Waals surface area contributed by atoms with Gasteiger partial charge < -0.3 is 15.0 Å². The van der Waals surface area contributed by atoms with Crippen molar-refractivity contribution in [3.05, 3.63) is 28.6 Å². The Morgan fingerprint density at radius 2 is 2.21 bits per heavy atom. The van der Waals surface area contributed by atoms with Crippen LogP contribution in [0.4, 0.5) is 5.82 Å². The molecule has 3 atom stereocenters. The van der Waals surface area contributed by atoms with Crippen LogP contribution >= 0.6 is 15.9 Å². The lowest BCUT2D eigenvalue weighted by atomic mass is 10.0. The molecule has 2 N–H and O–H groups in total. The predicted octanol–water partition coefficient (Wildman–Crippen LogP) is 2.46. The molecule has 0 radical (unpaired) electrons. The molecular formula is C16H23BrN6O. The molecule has 0 aliphatic heterocycles. The van der Waals surface area contributed by atoms with Gasteiger partial charge in [-0.15, -0.1) is 10.2 Å². The van der Waals surface area contributed by atoms with Crippen molar-refractivity contribution < 1.29 is 5.11 Å². The molecule has 0 spiro atoms. The van der Waals surface area contributed by atoms with Crippen molar-refractivity contribution in [3.63, 3.8) is 0 Å². The number of nitrogens with zero attached hydrogens (tertiary/aromatic N) is 5. The van der Waals surface area contributed by atoms with E-state index in [1.165, 1.54) is 0 Å². The van der Waals surface area contributed by atoms with Crippen LogP contribution in [0.5, 0.6) is 0 Å². The van der Waals surface area contributed by atoms with Crippen LogP contribution < -0.4 is 5.32 Å². The average molecular weight is 395 g/mol. The highest BCUT2D eigenvalue weighted by molar-refractivity contribution is 9.10. The number of anilines is 1. The van der Waals surface area contributed by atoms with Crippen LogP contribution in [0, 0.1) is 5.92 Å². The monoisotopic (exact) mass is 394 g/mol. The third kappa shape index (κ3) is 3.59. The Morgan fingerprint density at radius 3 is 2.88 bits per heavy atom. The Balaban J connectivity index is 1.65. The van der Waals surface area contributed by atoms with Gasteiger partial charge in [-0.1, -0.05) is 13.8 Å². The van der Waals surface area contributed by atoms with E-state index in [2.05, 4.69) is 55.3 Å². The standard InChI is InChI=1S/C16H23BrN6O/c1-9(2)14-19-7-12(17)15(21-14)18-6-11-4-10(5-13(11)24)16-22-20-8-23(16)3/h7-11,13,24H,4-6H2,1-3H3,(H,18,19,21)/t10-,11+,13+/m1/s1. The number of halogens is 1. The van der Waals surface area contributed by atoms with Crippen LogP contribution in [-0.2, 0) is 7.05 Å². The second kappa shape index (κ2) is 7.14. The quantitative estimate of drug-likeness (QED) is 0.809. The van der Waals surface area contributed by atoms with E-state index in [0.717, 1.165) is 34.8 Å². The summed E-state index contributed by atoms with van der Waals surface area (Å²) in [4.78, 5) is 8.89. The lowest BCUT2D eigenvalue weighted by molar-refractivity contribution is 0.137. The molecule has 1 saturated carbocycles. The summed E-state index contributed by atoms with van der Waals surface area (Å²) in [7, 11) is 1.94. The fourth-order valence-corrected chi connectivity index (χ4v) is 3.54. The molecule has 7 nitrogen and oxygen atoms in total. The number of aromatic nitrogens is 5. The molecule has 2 aromatic rings. The molecule has 24 heavy (non-hydrogen) atoms. The maximum Gasteiger partial charge on any atom is 0.144 e. The highest BCUT2D eigenvalue weighted by atomic mass is 79.9. The largest absolute Gasteiger partial charge is 0.393 e. The number of rotatable bonds is 5. The second-order valence-corrected chi connectivity index (χ2v) is 7.61. The van der Waals surface area contributed by atoms with Crippen molar-refractivity contribution in [2.24, 2.45) is 13.0 Å². The predicted molar refractivity (Wildman–Crippen MR) is 94.8 cm³/mol. The topological polar surface area (TPSA) is 88.8 Å². The molecule has 8 heteroatoms. The molecule has 0 bridgehead atoms. The first-order chi connectivity index (χ1) is 11.5. The molecule has 2 heterocycles. The molecule has 0 aromatic carbocycles. The van der Waals surface area contributed by atoms with Gasteiger partial charge in [0.15, 0.2) is 0 Å². The zero-order chi connectivity index (χ0) is 17.3. The van der Waals surface area contributed by atoms with E-state index >= 15 is 0 Å². The second-order valence-electron chi connectivity index (χ2n) is 6.76. The van der Waals surface area contributed by atoms with Crippen molar-refractivity contribution in [1.29, 1.82) is 0 Å². The normalized spacial score (nSPS) is 23.8. The van der Waals surface area contributed by atoms with E-state index in [9.17, 15) is 5.11 Å². The smallest absolute Gasteiger partial charge is 0.144 e. The van der Waals surface area contributed by atoms with Gasteiger partial charge in [0.2, 0.25) is 0 Å². The SMILES string of the molecule is CC(C)c1ncc(Br)c(NC[C@@H]2C[C@@H](c3nncn3C)C[C@@H]2O)n1. The van der Waals surface area contributed by atoms with Gasteiger partial charge in [-0.2, -0.15) is 0 Å². The van der Waals surface area contributed by atoms with Gasteiger partial charge in [-0.25, -0.2) is 9.97 Å². The Bertz CT molecular complexity index is 704. The molecule has 0 saturated heterocycles. The molecule has 0 unspecified atom stereocenters. The van der Waals surface area contributed by atoms with Gasteiger partial charge in [-0.3, -0.25) is 0 Å². The van der Waals surface area contributed by atoms with Crippen LogP contribution in [0.15, 0.2) is 17.0 Å². The van der Waals surface area contributed by atoms with Gasteiger partial charge in [0.1, 0.15) is 23.8 Å². The minimum atomic E-state index is -0.343. The molecule has 1 fully saturated rings. The first kappa shape index (κ1) is 17.3. The van der Waals surface area contributed by atoms with Crippen molar-refractivity contribution in [2.75, 3.05) is 11.9 Å². The number of aliphatic hydroxyl groups excluding tert-OH is 1. The van der Waals surface area contributed by atoms with Crippen molar-refractivity contribution in [1.82, 2.24) is 24.7 Å². The minimum Gasteiger partial charge on any atom is -0.393 e. The summed E-state index contributed by atoms with van der Waals surface area (Å²) in [5.41, 5.74) is 0. The number of nitrogens with one attached hydrogen (secondary N) is 1. The molecule has 1 aliphatic carbocycles. The maximum absolute atomic E-state index is 10.4. The summed E-state index contributed by atoms with van der Waals surface area (Å²) in [6.07, 6.45) is 4.75. The van der Waals surface area contributed by atoms with Crippen LogP contribution in [0.25, 0.3) is 0 Å². The summed E-state index contributed by atoms with van der Waals surface area (Å²) in [5.74, 6) is 3.22. The highest BCUT2D eigenvalue weighted by Gasteiger charge is 2.35. The molecule has 3 rings (SSSR count). The molecule has 1 aliphatic rings. The first-order valence-corrected chi connectivity index (χ1v) is 9.03. The van der Waals surface area contributed by atoms with Crippen molar-refractivity contribution in [2.45, 2.75) is 44.6 Å². The lowest BCUT2D eigenvalue weighted by Crippen LogP contribution is -2.22. The first-order valence-electron chi connectivity index (χ1n) is 8.24. The Morgan fingerprint density at radius 1 is 1.42 bits per heavy atom. The Hall–Kier alpha value is -1.54. The number of aryl methyl sites for hydroxylation is 1. The number of hydrogen-bond acceptors (Lipinski definition) is 6. The summed E-state index contributed by atoms with van der Waals surface area (Å²) in [5, 5.41) is 21.9. The van der Waals surface area contributed by atoms with Crippen molar-refractivity contribution >= 4 is 21.7 Å². The van der Waals surface area contributed by atoms with Gasteiger partial charge >= 0.3 is 0 Å². The number of hydrogen-bond donors (Lipinski definition) is 2. The van der Waals surface area contributed by atoms with E-state index in [1.807, 2.05) is 11.6 Å². The third-order valence-corrected chi connectivity index (χ3v) is 5.16. The highest BCUT2D eigenvalue weighted by Crippen LogP contribution is 2.37. The maximum atomic E-state index is 10.4. The molecule has 130 valence electrons. The van der Waals surface area contributed by atoms with Gasteiger partial charge in [0.05, 0.1) is 10.6 Å². The summed E-state index contributed by atoms with van der Waals surface area (Å²) >= 11 is 3.49. The molecule has 0 amide bonds. The fraction of sp³-hybridized carbons (Fsp3) is 0.625. The summed E-state index contributed by atoms with van der Waals surface area (Å²) in [6.45, 7) is 4.81. The van der Waals surface area contributed by atoms with Crippen LogP contribution in [-0.4, -0.2) is 42.5 Å². The zero-order valence-corrected chi connectivity index (χ0v) is 15.7. The van der Waals surface area contributed by atoms with Gasteiger partial charge in [0, 0.05) is 37.5 Å². The molecule has 2 aromatic heterocycles. The van der Waals surface area contributed by atoms with Crippen molar-refractivity contribution in [3.8, 4) is 0 Å². The van der Waals surface area contributed by atoms with Crippen LogP contribution in [0.3, 0.4) is 0 Å². The van der Waals surface area contributed by atoms with Crippen LogP contribution in [0.2, 0.25) is 0 Å². The van der Waals surface area contributed by atoms with E-state index < -0.39 is 0 Å². The Labute approximate surface area is 150 Å². The average Bonchev–Trinajstić information content (AvgIpc) is 3.12. The summed E-state index contributed by atoms with van der Waals surface area (Å²) in [6, 6.07) is 0. The van der Waals surface area contributed by atoms with E-state index in [-0.39, 0.29) is 23.9 Å². The fourth-order valence-electron chi connectivity index (χ4n) is 3.21. The van der Waals surface area contributed by atoms with E-state index in [1.54, 1.807) is 12.5 Å². The van der Waals surface area contributed by atoms with Gasteiger partial charge in [-0.05, 0) is 28.8 Å². The van der Waals surface area contributed by atoms with E-state index in [4.69, 9.17) is 0 Å². The minimum absolute atomic E-state index is 0.163. The third-order valence-electron chi connectivity index (χ3n) is 4.58. The molecular weight excluding hydrogens is 372 g/mol. The Kier molecular flexibility index (Phi) is 5.15. The van der Waals surface area contributed by atoms with E-state index in [0.29, 0.717) is 6.54 Å². The van der Waals surface area contributed by atoms with Gasteiger partial charge in [0.25, 0.3) is 0 Å².